The average molecular weight is 407 g/mol. The molecule has 1 aromatic heterocycles. The molecule has 0 radical (unpaired) electrons. The van der Waals surface area contributed by atoms with Gasteiger partial charge in [0.25, 0.3) is 15.9 Å². The summed E-state index contributed by atoms with van der Waals surface area (Å²) in [4.78, 5) is 13.2. The number of sulfonamides is 1. The molecule has 146 valence electrons. The SMILES string of the molecule is Cc1cc(C)cc(C(=O)NCc2ccc(S(=O)(=O)N3CCC(C)CC3)s2)c1. The second-order valence-corrected chi connectivity index (χ2v) is 10.7. The smallest absolute Gasteiger partial charge is 0.252 e. The van der Waals surface area contributed by atoms with Crippen LogP contribution < -0.4 is 5.32 Å². The average Bonchev–Trinajstić information content (AvgIpc) is 3.09. The summed E-state index contributed by atoms with van der Waals surface area (Å²) in [5.74, 6) is 0.431. The highest BCUT2D eigenvalue weighted by atomic mass is 32.2. The van der Waals surface area contributed by atoms with Crippen molar-refractivity contribution in [2.24, 2.45) is 5.92 Å². The number of hydrogen-bond acceptors (Lipinski definition) is 4. The van der Waals surface area contributed by atoms with E-state index in [9.17, 15) is 13.2 Å². The van der Waals surface area contributed by atoms with Crippen LogP contribution in [-0.4, -0.2) is 31.7 Å². The Balaban J connectivity index is 1.64. The van der Waals surface area contributed by atoms with E-state index in [1.807, 2.05) is 32.0 Å². The molecule has 1 amide bonds. The van der Waals surface area contributed by atoms with Gasteiger partial charge in [-0.2, -0.15) is 4.31 Å². The summed E-state index contributed by atoms with van der Waals surface area (Å²) in [6.45, 7) is 7.57. The van der Waals surface area contributed by atoms with Gasteiger partial charge in [-0.25, -0.2) is 8.42 Å². The van der Waals surface area contributed by atoms with Crippen LogP contribution >= 0.6 is 11.3 Å². The summed E-state index contributed by atoms with van der Waals surface area (Å²) in [5, 5.41) is 2.88. The van der Waals surface area contributed by atoms with E-state index in [2.05, 4.69) is 12.2 Å². The number of carbonyl (C=O) groups is 1. The highest BCUT2D eigenvalue weighted by Crippen LogP contribution is 2.28. The second-order valence-electron chi connectivity index (χ2n) is 7.37. The van der Waals surface area contributed by atoms with E-state index in [4.69, 9.17) is 0 Å². The van der Waals surface area contributed by atoms with Gasteiger partial charge in [-0.15, -0.1) is 11.3 Å². The largest absolute Gasteiger partial charge is 0.347 e. The maximum atomic E-state index is 12.8. The molecule has 0 aliphatic carbocycles. The lowest BCUT2D eigenvalue weighted by Gasteiger charge is -2.28. The number of rotatable bonds is 5. The third-order valence-corrected chi connectivity index (χ3v) is 8.33. The zero-order chi connectivity index (χ0) is 19.6. The lowest BCUT2D eigenvalue weighted by molar-refractivity contribution is 0.0951. The summed E-state index contributed by atoms with van der Waals surface area (Å²) in [6, 6.07) is 9.16. The summed E-state index contributed by atoms with van der Waals surface area (Å²) in [5.41, 5.74) is 2.71. The predicted octanol–water partition coefficient (Wildman–Crippen LogP) is 3.72. The molecule has 5 nitrogen and oxygen atoms in total. The van der Waals surface area contributed by atoms with Crippen molar-refractivity contribution in [2.75, 3.05) is 13.1 Å². The molecule has 1 N–H and O–H groups in total. The Morgan fingerprint density at radius 2 is 1.78 bits per heavy atom. The van der Waals surface area contributed by atoms with Crippen LogP contribution in [0.1, 0.15) is 46.1 Å². The fourth-order valence-corrected chi connectivity index (χ4v) is 6.24. The van der Waals surface area contributed by atoms with E-state index < -0.39 is 10.0 Å². The van der Waals surface area contributed by atoms with Crippen molar-refractivity contribution in [3.05, 3.63) is 51.9 Å². The number of benzene rings is 1. The van der Waals surface area contributed by atoms with E-state index in [1.165, 1.54) is 11.3 Å². The maximum Gasteiger partial charge on any atom is 0.252 e. The molecule has 27 heavy (non-hydrogen) atoms. The molecular formula is C20H26N2O3S2. The summed E-state index contributed by atoms with van der Waals surface area (Å²) < 4.78 is 27.5. The van der Waals surface area contributed by atoms with Crippen LogP contribution in [0, 0.1) is 19.8 Å². The van der Waals surface area contributed by atoms with Gasteiger partial charge >= 0.3 is 0 Å². The third-order valence-electron chi connectivity index (χ3n) is 4.88. The van der Waals surface area contributed by atoms with Gasteiger partial charge in [0, 0.05) is 23.5 Å². The number of aryl methyl sites for hydroxylation is 2. The molecule has 3 rings (SSSR count). The van der Waals surface area contributed by atoms with Crippen molar-refractivity contribution in [3.8, 4) is 0 Å². The van der Waals surface area contributed by atoms with E-state index >= 15 is 0 Å². The van der Waals surface area contributed by atoms with Gasteiger partial charge in [0.15, 0.2) is 0 Å². The molecule has 0 unspecified atom stereocenters. The van der Waals surface area contributed by atoms with Gasteiger partial charge < -0.3 is 5.32 Å². The predicted molar refractivity (Wildman–Crippen MR) is 109 cm³/mol. The molecule has 1 saturated heterocycles. The first-order chi connectivity index (χ1) is 12.8. The summed E-state index contributed by atoms with van der Waals surface area (Å²) >= 11 is 1.23. The summed E-state index contributed by atoms with van der Waals surface area (Å²) in [7, 11) is -3.43. The Bertz CT molecular complexity index is 906. The minimum Gasteiger partial charge on any atom is -0.347 e. The minimum absolute atomic E-state index is 0.148. The highest BCUT2D eigenvalue weighted by molar-refractivity contribution is 7.91. The van der Waals surface area contributed by atoms with Gasteiger partial charge in [-0.3, -0.25) is 4.79 Å². The molecule has 2 aromatic rings. The number of nitrogens with one attached hydrogen (secondary N) is 1. The van der Waals surface area contributed by atoms with Crippen LogP contribution in [0.15, 0.2) is 34.5 Å². The molecule has 0 atom stereocenters. The number of hydrogen-bond donors (Lipinski definition) is 1. The number of amides is 1. The van der Waals surface area contributed by atoms with Crippen molar-refractivity contribution in [3.63, 3.8) is 0 Å². The number of nitrogens with zero attached hydrogens (tertiary/aromatic N) is 1. The first-order valence-corrected chi connectivity index (χ1v) is 11.5. The third kappa shape index (κ3) is 4.78. The molecule has 1 fully saturated rings. The molecule has 0 saturated carbocycles. The lowest BCUT2D eigenvalue weighted by Crippen LogP contribution is -2.37. The van der Waals surface area contributed by atoms with Crippen LogP contribution in [0.5, 0.6) is 0 Å². The van der Waals surface area contributed by atoms with Crippen molar-refractivity contribution < 1.29 is 13.2 Å². The van der Waals surface area contributed by atoms with Crippen LogP contribution in [0.25, 0.3) is 0 Å². The van der Waals surface area contributed by atoms with E-state index in [1.54, 1.807) is 16.4 Å². The first kappa shape index (κ1) is 20.0. The normalized spacial score (nSPS) is 16.4. The quantitative estimate of drug-likeness (QED) is 0.823. The number of carbonyl (C=O) groups excluding carboxylic acids is 1. The minimum atomic E-state index is -3.43. The molecule has 1 aliphatic rings. The molecule has 7 heteroatoms. The molecule has 1 aliphatic heterocycles. The Kier molecular flexibility index (Phi) is 6.03. The van der Waals surface area contributed by atoms with E-state index in [0.717, 1.165) is 28.8 Å². The van der Waals surface area contributed by atoms with E-state index in [-0.39, 0.29) is 5.91 Å². The van der Waals surface area contributed by atoms with Crippen molar-refractivity contribution in [2.45, 2.75) is 44.4 Å². The van der Waals surface area contributed by atoms with Crippen LogP contribution in [-0.2, 0) is 16.6 Å². The van der Waals surface area contributed by atoms with Gasteiger partial charge in [0.05, 0.1) is 6.54 Å². The van der Waals surface area contributed by atoms with Gasteiger partial charge in [-0.1, -0.05) is 24.1 Å². The lowest BCUT2D eigenvalue weighted by atomic mass is 10.0. The number of thiophene rings is 1. The topological polar surface area (TPSA) is 66.5 Å². The summed E-state index contributed by atoms with van der Waals surface area (Å²) in [6.07, 6.45) is 1.81. The van der Waals surface area contributed by atoms with E-state index in [0.29, 0.717) is 35.3 Å². The number of piperidine rings is 1. The fourth-order valence-electron chi connectivity index (χ4n) is 3.32. The van der Waals surface area contributed by atoms with Gasteiger partial charge in [0.1, 0.15) is 4.21 Å². The van der Waals surface area contributed by atoms with Crippen molar-refractivity contribution >= 4 is 27.3 Å². The van der Waals surface area contributed by atoms with Gasteiger partial charge in [0.2, 0.25) is 0 Å². The zero-order valence-electron chi connectivity index (χ0n) is 16.0. The molecular weight excluding hydrogens is 380 g/mol. The maximum absolute atomic E-state index is 12.8. The second kappa shape index (κ2) is 8.12. The van der Waals surface area contributed by atoms with Crippen molar-refractivity contribution in [1.82, 2.24) is 9.62 Å². The van der Waals surface area contributed by atoms with Gasteiger partial charge in [-0.05, 0) is 56.9 Å². The Hall–Kier alpha value is -1.70. The Labute approximate surface area is 165 Å². The monoisotopic (exact) mass is 406 g/mol. The standard InChI is InChI=1S/C20H26N2O3S2/c1-14-6-8-22(9-7-14)27(24,25)19-5-4-18(26-19)13-21-20(23)17-11-15(2)10-16(3)12-17/h4-5,10-12,14H,6-9,13H2,1-3H3,(H,21,23). The Morgan fingerprint density at radius 1 is 1.15 bits per heavy atom. The van der Waals surface area contributed by atoms with Crippen molar-refractivity contribution in [1.29, 1.82) is 0 Å². The zero-order valence-corrected chi connectivity index (χ0v) is 17.6. The van der Waals surface area contributed by atoms with Crippen LogP contribution in [0.3, 0.4) is 0 Å². The molecule has 2 heterocycles. The molecule has 1 aromatic carbocycles. The fraction of sp³-hybridized carbons (Fsp3) is 0.450. The first-order valence-electron chi connectivity index (χ1n) is 9.21. The highest BCUT2D eigenvalue weighted by Gasteiger charge is 2.29. The molecule has 0 spiro atoms. The van der Waals surface area contributed by atoms with Crippen LogP contribution in [0.4, 0.5) is 0 Å². The molecule has 0 bridgehead atoms. The van der Waals surface area contributed by atoms with Crippen LogP contribution in [0.2, 0.25) is 0 Å². The Morgan fingerprint density at radius 3 is 2.41 bits per heavy atom.